The van der Waals surface area contributed by atoms with Gasteiger partial charge in [-0.15, -0.1) is 0 Å². The smallest absolute Gasteiger partial charge is 0.409 e. The van der Waals surface area contributed by atoms with Gasteiger partial charge in [-0.25, -0.2) is 4.79 Å². The number of nitrogens with one attached hydrogen (secondary N) is 1. The molecule has 0 bridgehead atoms. The van der Waals surface area contributed by atoms with Crippen LogP contribution < -0.4 is 16.0 Å². The SMILES string of the molecule is CCOC1(OCC)CCN(c2cc(NC(=O)O)c(N)cc2C#Cc2ccccc2)CC1. The largest absolute Gasteiger partial charge is 0.465 e. The molecule has 4 N–H and O–H groups in total. The van der Waals surface area contributed by atoms with Crippen LogP contribution in [0.5, 0.6) is 0 Å². The number of amides is 1. The van der Waals surface area contributed by atoms with Crippen LogP contribution in [-0.4, -0.2) is 43.3 Å². The lowest BCUT2D eigenvalue weighted by atomic mass is 10.0. The van der Waals surface area contributed by atoms with Gasteiger partial charge in [0.1, 0.15) is 0 Å². The molecule has 1 aliphatic rings. The van der Waals surface area contributed by atoms with Crippen LogP contribution in [0.2, 0.25) is 0 Å². The number of anilines is 3. The number of hydrogen-bond donors (Lipinski definition) is 3. The van der Waals surface area contributed by atoms with Crippen LogP contribution >= 0.6 is 0 Å². The Hall–Kier alpha value is -3.21. The highest BCUT2D eigenvalue weighted by Crippen LogP contribution is 2.35. The molecule has 0 atom stereocenters. The van der Waals surface area contributed by atoms with E-state index in [-0.39, 0.29) is 0 Å². The summed E-state index contributed by atoms with van der Waals surface area (Å²) in [6.45, 7) is 6.49. The molecule has 1 amide bonds. The number of benzene rings is 2. The average Bonchev–Trinajstić information content (AvgIpc) is 2.75. The minimum atomic E-state index is -1.16. The van der Waals surface area contributed by atoms with Crippen LogP contribution in [0.3, 0.4) is 0 Å². The van der Waals surface area contributed by atoms with Gasteiger partial charge in [0, 0.05) is 44.7 Å². The van der Waals surface area contributed by atoms with Gasteiger partial charge in [-0.3, -0.25) is 5.32 Å². The molecule has 164 valence electrons. The fourth-order valence-electron chi connectivity index (χ4n) is 3.80. The summed E-state index contributed by atoms with van der Waals surface area (Å²) >= 11 is 0. The van der Waals surface area contributed by atoms with E-state index in [9.17, 15) is 4.79 Å². The third kappa shape index (κ3) is 5.69. The molecule has 0 spiro atoms. The van der Waals surface area contributed by atoms with Crippen molar-refractivity contribution >= 4 is 23.2 Å². The monoisotopic (exact) mass is 423 g/mol. The van der Waals surface area contributed by atoms with E-state index in [4.69, 9.17) is 20.3 Å². The molecule has 31 heavy (non-hydrogen) atoms. The number of nitrogens with zero attached hydrogens (tertiary/aromatic N) is 1. The molecule has 1 aliphatic heterocycles. The van der Waals surface area contributed by atoms with Crippen molar-refractivity contribution in [2.45, 2.75) is 32.5 Å². The fraction of sp³-hybridized carbons (Fsp3) is 0.375. The highest BCUT2D eigenvalue weighted by atomic mass is 16.7. The first-order valence-electron chi connectivity index (χ1n) is 10.5. The molecule has 2 aromatic carbocycles. The van der Waals surface area contributed by atoms with Crippen LogP contribution in [0.25, 0.3) is 0 Å². The summed E-state index contributed by atoms with van der Waals surface area (Å²) in [5.41, 5.74) is 9.26. The molecule has 7 nitrogen and oxygen atoms in total. The predicted molar refractivity (Wildman–Crippen MR) is 122 cm³/mol. The summed E-state index contributed by atoms with van der Waals surface area (Å²) < 4.78 is 11.9. The minimum absolute atomic E-state index is 0.332. The van der Waals surface area contributed by atoms with E-state index in [2.05, 4.69) is 22.1 Å². The molecule has 0 unspecified atom stereocenters. The predicted octanol–water partition coefficient (Wildman–Crippen LogP) is 4.13. The Labute approximate surface area is 183 Å². The van der Waals surface area contributed by atoms with E-state index in [0.29, 0.717) is 50.5 Å². The molecule has 1 saturated heterocycles. The number of carbonyl (C=O) groups is 1. The Bertz CT molecular complexity index is 950. The highest BCUT2D eigenvalue weighted by molar-refractivity contribution is 5.90. The second-order valence-electron chi connectivity index (χ2n) is 7.27. The van der Waals surface area contributed by atoms with Gasteiger partial charge in [-0.1, -0.05) is 30.0 Å². The van der Waals surface area contributed by atoms with Crippen molar-refractivity contribution in [2.24, 2.45) is 0 Å². The second kappa shape index (κ2) is 10.2. The van der Waals surface area contributed by atoms with Gasteiger partial charge >= 0.3 is 6.09 Å². The lowest BCUT2D eigenvalue weighted by molar-refractivity contribution is -0.242. The van der Waals surface area contributed by atoms with Crippen LogP contribution in [0.4, 0.5) is 21.9 Å². The fourth-order valence-corrected chi connectivity index (χ4v) is 3.80. The summed E-state index contributed by atoms with van der Waals surface area (Å²) in [5.74, 6) is 5.80. The van der Waals surface area contributed by atoms with Crippen molar-refractivity contribution in [1.29, 1.82) is 0 Å². The summed E-state index contributed by atoms with van der Waals surface area (Å²) in [6.07, 6.45) is 0.240. The van der Waals surface area contributed by atoms with Crippen molar-refractivity contribution < 1.29 is 19.4 Å². The number of rotatable bonds is 6. The van der Waals surface area contributed by atoms with Crippen molar-refractivity contribution in [3.63, 3.8) is 0 Å². The van der Waals surface area contributed by atoms with Crippen molar-refractivity contribution in [2.75, 3.05) is 42.3 Å². The lowest BCUT2D eigenvalue weighted by Gasteiger charge is -2.42. The summed E-state index contributed by atoms with van der Waals surface area (Å²) in [5, 5.41) is 11.5. The van der Waals surface area contributed by atoms with Crippen molar-refractivity contribution in [1.82, 2.24) is 0 Å². The van der Waals surface area contributed by atoms with E-state index in [1.807, 2.05) is 44.2 Å². The molecule has 3 rings (SSSR count). The number of carboxylic acid groups (broad SMARTS) is 1. The maximum Gasteiger partial charge on any atom is 0.409 e. The molecule has 1 heterocycles. The van der Waals surface area contributed by atoms with Crippen LogP contribution in [0.15, 0.2) is 42.5 Å². The van der Waals surface area contributed by atoms with Gasteiger partial charge in [0.05, 0.1) is 22.6 Å². The molecular weight excluding hydrogens is 394 g/mol. The Balaban J connectivity index is 1.93. The second-order valence-corrected chi connectivity index (χ2v) is 7.27. The zero-order chi connectivity index (χ0) is 22.3. The van der Waals surface area contributed by atoms with Gasteiger partial charge in [0.15, 0.2) is 5.79 Å². The molecule has 7 heteroatoms. The molecule has 0 saturated carbocycles. The third-order valence-electron chi connectivity index (χ3n) is 5.21. The minimum Gasteiger partial charge on any atom is -0.465 e. The van der Waals surface area contributed by atoms with Gasteiger partial charge in [0.25, 0.3) is 0 Å². The van der Waals surface area contributed by atoms with Gasteiger partial charge in [0.2, 0.25) is 0 Å². The Morgan fingerprint density at radius 2 is 1.77 bits per heavy atom. The van der Waals surface area contributed by atoms with Gasteiger partial charge in [-0.05, 0) is 38.1 Å². The number of nitrogens with two attached hydrogens (primary N) is 1. The van der Waals surface area contributed by atoms with Crippen molar-refractivity contribution in [3.8, 4) is 11.8 Å². The van der Waals surface area contributed by atoms with E-state index in [1.165, 1.54) is 0 Å². The maximum atomic E-state index is 11.2. The van der Waals surface area contributed by atoms with E-state index >= 15 is 0 Å². The van der Waals surface area contributed by atoms with Crippen LogP contribution in [-0.2, 0) is 9.47 Å². The van der Waals surface area contributed by atoms with Gasteiger partial charge in [-0.2, -0.15) is 0 Å². The van der Waals surface area contributed by atoms with E-state index in [1.54, 1.807) is 12.1 Å². The first kappa shape index (κ1) is 22.5. The third-order valence-corrected chi connectivity index (χ3v) is 5.21. The molecule has 0 aromatic heterocycles. The highest BCUT2D eigenvalue weighted by Gasteiger charge is 2.36. The number of nitrogen functional groups attached to an aromatic ring is 1. The molecule has 0 radical (unpaired) electrons. The molecule has 2 aromatic rings. The molecule has 0 aliphatic carbocycles. The summed E-state index contributed by atoms with van der Waals surface area (Å²) in [4.78, 5) is 13.4. The molecular formula is C24H29N3O4. The first-order valence-corrected chi connectivity index (χ1v) is 10.5. The number of ether oxygens (including phenoxy) is 2. The Morgan fingerprint density at radius 1 is 1.13 bits per heavy atom. The zero-order valence-electron chi connectivity index (χ0n) is 18.0. The number of hydrogen-bond acceptors (Lipinski definition) is 5. The lowest BCUT2D eigenvalue weighted by Crippen LogP contribution is -2.48. The van der Waals surface area contributed by atoms with Crippen molar-refractivity contribution in [3.05, 3.63) is 53.6 Å². The molecule has 1 fully saturated rings. The standard InChI is InChI=1S/C24H29N3O4/c1-3-30-24(31-4-2)12-14-27(15-13-24)22-17-21(26-23(28)29)20(25)16-19(22)11-10-18-8-6-5-7-9-18/h5-9,16-17,26H,3-4,12-15,25H2,1-2H3,(H,28,29). The van der Waals surface area contributed by atoms with E-state index in [0.717, 1.165) is 16.8 Å². The quantitative estimate of drug-likeness (QED) is 0.367. The van der Waals surface area contributed by atoms with E-state index < -0.39 is 11.9 Å². The summed E-state index contributed by atoms with van der Waals surface area (Å²) in [7, 11) is 0. The Kier molecular flexibility index (Phi) is 7.40. The maximum absolute atomic E-state index is 11.2. The topological polar surface area (TPSA) is 97.0 Å². The average molecular weight is 424 g/mol. The van der Waals surface area contributed by atoms with Gasteiger partial charge < -0.3 is 25.2 Å². The Morgan fingerprint density at radius 3 is 2.35 bits per heavy atom. The normalized spacial score (nSPS) is 15.1. The van der Waals surface area contributed by atoms with Crippen LogP contribution in [0.1, 0.15) is 37.8 Å². The van der Waals surface area contributed by atoms with Crippen LogP contribution in [0, 0.1) is 11.8 Å². The summed E-state index contributed by atoms with van der Waals surface area (Å²) in [6, 6.07) is 13.2. The number of piperidine rings is 1. The first-order chi connectivity index (χ1) is 15.0. The zero-order valence-corrected chi connectivity index (χ0v) is 18.0.